The zero-order valence-corrected chi connectivity index (χ0v) is 14.5. The summed E-state index contributed by atoms with van der Waals surface area (Å²) < 4.78 is 10.2. The van der Waals surface area contributed by atoms with Gasteiger partial charge in [0.2, 0.25) is 0 Å². The number of hydrogen-bond donors (Lipinski definition) is 0. The van der Waals surface area contributed by atoms with Crippen LogP contribution in [0.3, 0.4) is 0 Å². The van der Waals surface area contributed by atoms with Gasteiger partial charge in [0.25, 0.3) is 0 Å². The van der Waals surface area contributed by atoms with Gasteiger partial charge in [-0.25, -0.2) is 0 Å². The molecule has 0 aromatic heterocycles. The summed E-state index contributed by atoms with van der Waals surface area (Å²) >= 11 is 20.9. The van der Waals surface area contributed by atoms with Crippen molar-refractivity contribution in [3.05, 3.63) is 0 Å². The minimum absolute atomic E-state index is 1.58. The second-order valence-corrected chi connectivity index (χ2v) is 19.5. The molecule has 0 rings (SSSR count). The molecule has 0 fully saturated rings. The van der Waals surface area contributed by atoms with Gasteiger partial charge in [-0.3, -0.25) is 0 Å². The molecule has 2 unspecified atom stereocenters. The van der Waals surface area contributed by atoms with Crippen molar-refractivity contribution in [2.24, 2.45) is 0 Å². The van der Waals surface area contributed by atoms with Crippen LogP contribution in [0.5, 0.6) is 0 Å². The van der Waals surface area contributed by atoms with E-state index in [-0.39, 0.29) is 0 Å². The maximum atomic E-state index is 5.66. The molecule has 0 N–H and O–H groups in total. The normalized spacial score (nSPS) is 20.1. The molecule has 10 heteroatoms. The highest BCUT2D eigenvalue weighted by Gasteiger charge is 2.17. The molecule has 0 aliphatic rings. The van der Waals surface area contributed by atoms with E-state index >= 15 is 0 Å². The van der Waals surface area contributed by atoms with Gasteiger partial charge in [-0.05, 0) is 0 Å². The van der Waals surface area contributed by atoms with E-state index in [1.807, 2.05) is 43.6 Å². The van der Waals surface area contributed by atoms with Gasteiger partial charge < -0.3 is 8.23 Å². The monoisotopic (exact) mass is 478 g/mol. The Morgan fingerprint density at radius 2 is 1.20 bits per heavy atom. The number of rotatable bonds is 4. The maximum absolute atomic E-state index is 5.66. The second kappa shape index (κ2) is 7.32. The quantitative estimate of drug-likeness (QED) is 0.348. The van der Waals surface area contributed by atoms with Crippen LogP contribution >= 0.6 is 76.8 Å². The van der Waals surface area contributed by atoms with Crippen LogP contribution in [0, 0.1) is 0 Å². The third-order valence-corrected chi connectivity index (χ3v) is 12.8. The Bertz CT molecular complexity index is 81.8. The van der Waals surface area contributed by atoms with Gasteiger partial charge in [-0.2, -0.15) is 0 Å². The van der Waals surface area contributed by atoms with E-state index in [2.05, 4.69) is 0 Å². The summed E-state index contributed by atoms with van der Waals surface area (Å²) in [7, 11) is -2.00. The topological polar surface area (TPSA) is 18.5 Å². The molecule has 0 aliphatic carbocycles. The lowest BCUT2D eigenvalue weighted by Gasteiger charge is -2.10. The van der Waals surface area contributed by atoms with E-state index in [0.717, 1.165) is 0 Å². The third-order valence-electron chi connectivity index (χ3n) is 0.420. The Balaban J connectivity index is 3.34. The van der Waals surface area contributed by atoms with E-state index in [4.69, 9.17) is 41.5 Å². The first-order chi connectivity index (χ1) is 4.52. The van der Waals surface area contributed by atoms with Crippen molar-refractivity contribution in [3.63, 3.8) is 0 Å². The summed E-state index contributed by atoms with van der Waals surface area (Å²) in [5.41, 5.74) is 0. The molecule has 0 saturated heterocycles. The molecule has 0 bridgehead atoms. The van der Waals surface area contributed by atoms with Crippen molar-refractivity contribution in [2.75, 3.05) is 0 Å². The largest absolute Gasteiger partial charge is 0.410 e. The lowest BCUT2D eigenvalue weighted by atomic mass is 15.8. The Morgan fingerprint density at radius 1 is 0.900 bits per heavy atom. The number of halogens is 5. The first-order valence-electron chi connectivity index (χ1n) is 2.03. The molecule has 10 heavy (non-hydrogen) atoms. The van der Waals surface area contributed by atoms with Crippen molar-refractivity contribution in [1.29, 1.82) is 0 Å². The van der Waals surface area contributed by atoms with E-state index in [9.17, 15) is 0 Å². The van der Waals surface area contributed by atoms with Gasteiger partial charge in [0.05, 0.1) is 0 Å². The van der Waals surface area contributed by atoms with Crippen LogP contribution in [0.2, 0.25) is 0 Å². The molecule has 2 atom stereocenters. The van der Waals surface area contributed by atoms with Crippen LogP contribution in [0.25, 0.3) is 0 Å². The van der Waals surface area contributed by atoms with Crippen LogP contribution in [0.1, 0.15) is 0 Å². The number of hydrogen-bond acceptors (Lipinski definition) is 2. The zero-order valence-electron chi connectivity index (χ0n) is 4.44. The van der Waals surface area contributed by atoms with Crippen molar-refractivity contribution >= 4 is 97.1 Å². The van der Waals surface area contributed by atoms with Gasteiger partial charge in [-0.15, -0.1) is 33.2 Å². The molecule has 0 heterocycles. The smallest absolute Gasteiger partial charge is 0.408 e. The summed E-state index contributed by atoms with van der Waals surface area (Å²) in [6.07, 6.45) is 0. The molecule has 0 radical (unpaired) electrons. The minimum atomic E-state index is -2.00. The third kappa shape index (κ3) is 8.99. The van der Waals surface area contributed by atoms with E-state index < -0.39 is 20.3 Å². The molecule has 62 valence electrons. The Labute approximate surface area is 104 Å². The van der Waals surface area contributed by atoms with E-state index in [1.165, 1.54) is 0 Å². The molecular weight excluding hydrogens is 476 g/mol. The summed E-state index contributed by atoms with van der Waals surface area (Å²) in [6, 6.07) is 0. The van der Waals surface area contributed by atoms with Crippen molar-refractivity contribution in [2.45, 2.75) is 0 Å². The SMILES string of the molecule is Cl[SiH](I)O[SiH](Cl)O[SiH](Cl)I. The maximum Gasteiger partial charge on any atom is 0.408 e. The highest BCUT2D eigenvalue weighted by atomic mass is 127. The molecular formula is H3Cl3I2O2Si3. The fourth-order valence-electron chi connectivity index (χ4n) is 0.194. The minimum Gasteiger partial charge on any atom is -0.410 e. The van der Waals surface area contributed by atoms with Gasteiger partial charge >= 0.3 is 20.3 Å². The van der Waals surface area contributed by atoms with Crippen LogP contribution in [-0.4, -0.2) is 20.3 Å². The predicted molar refractivity (Wildman–Crippen MR) is 69.2 cm³/mol. The van der Waals surface area contributed by atoms with Crippen LogP contribution < -0.4 is 0 Å². The lowest BCUT2D eigenvalue weighted by Crippen LogP contribution is -2.23. The fourth-order valence-corrected chi connectivity index (χ4v) is 14.7. The lowest BCUT2D eigenvalue weighted by molar-refractivity contribution is 0.492. The van der Waals surface area contributed by atoms with Gasteiger partial charge in [-0.1, -0.05) is 43.6 Å². The van der Waals surface area contributed by atoms with Gasteiger partial charge in [0, 0.05) is 0 Å². The summed E-state index contributed by atoms with van der Waals surface area (Å²) in [4.78, 5) is 0. The highest BCUT2D eigenvalue weighted by Crippen LogP contribution is 2.11. The van der Waals surface area contributed by atoms with Gasteiger partial charge in [0.15, 0.2) is 0 Å². The standard InChI is InChI=1S/Cl3H3I2O2Si3/c1-8(4)6-10(3)7-9(2)5/h8-10H. The molecule has 0 saturated carbocycles. The van der Waals surface area contributed by atoms with E-state index in [0.29, 0.717) is 0 Å². The molecule has 0 aromatic carbocycles. The first kappa shape index (κ1) is 12.9. The zero-order chi connectivity index (χ0) is 8.15. The van der Waals surface area contributed by atoms with Crippen molar-refractivity contribution in [3.8, 4) is 0 Å². The van der Waals surface area contributed by atoms with Gasteiger partial charge in [0.1, 0.15) is 0 Å². The summed E-state index contributed by atoms with van der Waals surface area (Å²) in [5.74, 6) is -3.16. The van der Waals surface area contributed by atoms with Crippen LogP contribution in [0.15, 0.2) is 0 Å². The van der Waals surface area contributed by atoms with Crippen molar-refractivity contribution < 1.29 is 8.23 Å². The Hall–Kier alpha value is 2.90. The molecule has 2 nitrogen and oxygen atoms in total. The predicted octanol–water partition coefficient (Wildman–Crippen LogP) is 1.76. The van der Waals surface area contributed by atoms with Crippen molar-refractivity contribution in [1.82, 2.24) is 0 Å². The fraction of sp³-hybridized carbons (Fsp3) is 0. The first-order valence-corrected chi connectivity index (χ1v) is 17.5. The summed E-state index contributed by atoms with van der Waals surface area (Å²) in [6.45, 7) is 0. The molecule has 0 spiro atoms. The average molecular weight is 479 g/mol. The van der Waals surface area contributed by atoms with Crippen LogP contribution in [0.4, 0.5) is 0 Å². The molecule has 0 aromatic rings. The highest BCUT2D eigenvalue weighted by molar-refractivity contribution is 14.1. The Kier molecular flexibility index (Phi) is 9.44. The summed E-state index contributed by atoms with van der Waals surface area (Å²) in [5, 5.41) is 0. The average Bonchev–Trinajstić information content (AvgIpc) is 1.58. The second-order valence-electron chi connectivity index (χ2n) is 1.07. The molecule has 0 amide bonds. The Morgan fingerprint density at radius 3 is 1.40 bits per heavy atom. The van der Waals surface area contributed by atoms with Crippen LogP contribution in [-0.2, 0) is 8.23 Å². The van der Waals surface area contributed by atoms with E-state index in [1.54, 1.807) is 0 Å². The molecule has 0 aliphatic heterocycles.